The van der Waals surface area contributed by atoms with Crippen LogP contribution in [0.3, 0.4) is 0 Å². The standard InChI is InChI=1S/C13H14F5N3/c1-20-2-3-21-9(7-20)5-12(14,15)10-4-8(13(16,17)18)6-19-11(10)21/h4,6,9H,2-3,5,7H2,1H3/t9-/m1/s1. The third kappa shape index (κ3) is 2.45. The normalized spacial score (nSPS) is 25.4. The van der Waals surface area contributed by atoms with Crippen molar-refractivity contribution in [3.8, 4) is 0 Å². The number of hydrogen-bond acceptors (Lipinski definition) is 3. The van der Waals surface area contributed by atoms with Crippen LogP contribution < -0.4 is 4.90 Å². The first-order chi connectivity index (χ1) is 9.68. The number of aromatic nitrogens is 1. The summed E-state index contributed by atoms with van der Waals surface area (Å²) in [6.07, 6.45) is -4.51. The molecule has 3 rings (SSSR count). The molecule has 3 nitrogen and oxygen atoms in total. The van der Waals surface area contributed by atoms with E-state index < -0.39 is 35.7 Å². The van der Waals surface area contributed by atoms with Gasteiger partial charge in [0.1, 0.15) is 5.82 Å². The van der Waals surface area contributed by atoms with Gasteiger partial charge in [0.15, 0.2) is 0 Å². The summed E-state index contributed by atoms with van der Waals surface area (Å²) in [4.78, 5) is 7.34. The molecule has 1 atom stereocenters. The van der Waals surface area contributed by atoms with Crippen LogP contribution >= 0.6 is 0 Å². The van der Waals surface area contributed by atoms with E-state index >= 15 is 0 Å². The zero-order valence-electron chi connectivity index (χ0n) is 11.3. The summed E-state index contributed by atoms with van der Waals surface area (Å²) in [5.41, 5.74) is -1.74. The first kappa shape index (κ1) is 14.5. The van der Waals surface area contributed by atoms with Crippen molar-refractivity contribution >= 4 is 5.82 Å². The van der Waals surface area contributed by atoms with Gasteiger partial charge in [-0.25, -0.2) is 13.8 Å². The molecule has 0 bridgehead atoms. The van der Waals surface area contributed by atoms with Crippen molar-refractivity contribution in [1.29, 1.82) is 0 Å². The number of hydrogen-bond donors (Lipinski definition) is 0. The molecule has 1 fully saturated rings. The van der Waals surface area contributed by atoms with Crippen LogP contribution in [-0.4, -0.2) is 42.6 Å². The molecule has 0 saturated carbocycles. The molecule has 0 amide bonds. The summed E-state index contributed by atoms with van der Waals surface area (Å²) in [7, 11) is 1.84. The second-order valence-corrected chi connectivity index (χ2v) is 5.61. The number of nitrogens with zero attached hydrogens (tertiary/aromatic N) is 3. The van der Waals surface area contributed by atoms with Crippen molar-refractivity contribution in [3.63, 3.8) is 0 Å². The third-order valence-electron chi connectivity index (χ3n) is 4.04. The Morgan fingerprint density at radius 1 is 1.29 bits per heavy atom. The van der Waals surface area contributed by atoms with Gasteiger partial charge in [-0.05, 0) is 13.1 Å². The maximum absolute atomic E-state index is 14.2. The van der Waals surface area contributed by atoms with Gasteiger partial charge < -0.3 is 9.80 Å². The van der Waals surface area contributed by atoms with Gasteiger partial charge in [0.2, 0.25) is 0 Å². The molecule has 8 heteroatoms. The molecular weight excluding hydrogens is 293 g/mol. The van der Waals surface area contributed by atoms with Crippen LogP contribution in [0.2, 0.25) is 0 Å². The van der Waals surface area contributed by atoms with Gasteiger partial charge in [0, 0.05) is 38.3 Å². The van der Waals surface area contributed by atoms with E-state index in [1.807, 2.05) is 11.9 Å². The number of rotatable bonds is 0. The molecule has 0 aliphatic carbocycles. The molecule has 0 unspecified atom stereocenters. The van der Waals surface area contributed by atoms with E-state index in [-0.39, 0.29) is 5.82 Å². The van der Waals surface area contributed by atoms with E-state index in [2.05, 4.69) is 4.98 Å². The summed E-state index contributed by atoms with van der Waals surface area (Å²) in [6.45, 7) is 1.62. The highest BCUT2D eigenvalue weighted by atomic mass is 19.4. The topological polar surface area (TPSA) is 19.4 Å². The molecule has 1 aromatic rings. The minimum atomic E-state index is -4.67. The third-order valence-corrected chi connectivity index (χ3v) is 4.04. The predicted molar refractivity (Wildman–Crippen MR) is 66.4 cm³/mol. The van der Waals surface area contributed by atoms with Crippen LogP contribution in [0.15, 0.2) is 12.3 Å². The molecule has 116 valence electrons. The maximum atomic E-state index is 14.2. The lowest BCUT2D eigenvalue weighted by Gasteiger charge is -2.46. The molecule has 0 radical (unpaired) electrons. The summed E-state index contributed by atoms with van der Waals surface area (Å²) in [6, 6.07) is 0.118. The smallest absolute Gasteiger partial charge is 0.350 e. The first-order valence-corrected chi connectivity index (χ1v) is 6.59. The molecule has 0 spiro atoms. The van der Waals surface area contributed by atoms with Gasteiger partial charge in [-0.2, -0.15) is 13.2 Å². The quantitative estimate of drug-likeness (QED) is 0.687. The summed E-state index contributed by atoms with van der Waals surface area (Å²) in [5.74, 6) is -3.31. The van der Waals surface area contributed by atoms with Crippen molar-refractivity contribution in [1.82, 2.24) is 9.88 Å². The number of piperazine rings is 1. The zero-order chi connectivity index (χ0) is 15.4. The van der Waals surface area contributed by atoms with Crippen LogP contribution in [0.25, 0.3) is 0 Å². The first-order valence-electron chi connectivity index (χ1n) is 6.59. The van der Waals surface area contributed by atoms with Gasteiger partial charge in [-0.15, -0.1) is 0 Å². The Morgan fingerprint density at radius 3 is 2.67 bits per heavy atom. The molecule has 3 heterocycles. The molecule has 2 aliphatic heterocycles. The zero-order valence-corrected chi connectivity index (χ0v) is 11.3. The number of likely N-dealkylation sites (N-methyl/N-ethyl adjacent to an activating group) is 1. The van der Waals surface area contributed by atoms with Crippen molar-refractivity contribution in [2.75, 3.05) is 31.6 Å². The molecule has 0 aromatic carbocycles. The second-order valence-electron chi connectivity index (χ2n) is 5.61. The molecule has 0 N–H and O–H groups in total. The van der Waals surface area contributed by atoms with E-state index in [4.69, 9.17) is 0 Å². The average Bonchev–Trinajstić information content (AvgIpc) is 2.36. The van der Waals surface area contributed by atoms with Crippen molar-refractivity contribution in [3.05, 3.63) is 23.4 Å². The number of anilines is 1. The second kappa shape index (κ2) is 4.53. The van der Waals surface area contributed by atoms with E-state index in [9.17, 15) is 22.0 Å². The molecule has 2 aliphatic rings. The molecule has 1 aromatic heterocycles. The van der Waals surface area contributed by atoms with Gasteiger partial charge >= 0.3 is 6.18 Å². The van der Waals surface area contributed by atoms with Gasteiger partial charge in [0.05, 0.1) is 11.1 Å². The van der Waals surface area contributed by atoms with Crippen molar-refractivity contribution in [2.45, 2.75) is 24.6 Å². The summed E-state index contributed by atoms with van der Waals surface area (Å²) in [5, 5.41) is 0. The molecular formula is C13H14F5N3. The Morgan fingerprint density at radius 2 is 2.00 bits per heavy atom. The fourth-order valence-electron chi connectivity index (χ4n) is 2.98. The Balaban J connectivity index is 2.06. The largest absolute Gasteiger partial charge is 0.417 e. The number of fused-ring (bicyclic) bond motifs is 3. The highest BCUT2D eigenvalue weighted by molar-refractivity contribution is 5.55. The maximum Gasteiger partial charge on any atom is 0.417 e. The predicted octanol–water partition coefficient (Wildman–Crippen LogP) is 2.72. The SMILES string of the molecule is CN1CCN2c3ncc(C(F)(F)F)cc3C(F)(F)C[C@@H]2C1. The van der Waals surface area contributed by atoms with Crippen LogP contribution in [0, 0.1) is 0 Å². The number of alkyl halides is 5. The lowest BCUT2D eigenvalue weighted by atomic mass is 9.92. The highest BCUT2D eigenvalue weighted by Gasteiger charge is 2.48. The Kier molecular flexibility index (Phi) is 3.12. The van der Waals surface area contributed by atoms with Crippen molar-refractivity contribution in [2.24, 2.45) is 0 Å². The Bertz CT molecular complexity index is 557. The average molecular weight is 307 g/mol. The Labute approximate surface area is 118 Å². The Hall–Kier alpha value is -1.44. The number of halogens is 5. The van der Waals surface area contributed by atoms with Gasteiger partial charge in [-0.3, -0.25) is 0 Å². The minimum absolute atomic E-state index is 0.0163. The van der Waals surface area contributed by atoms with Gasteiger partial charge in [-0.1, -0.05) is 0 Å². The van der Waals surface area contributed by atoms with Crippen molar-refractivity contribution < 1.29 is 22.0 Å². The van der Waals surface area contributed by atoms with Gasteiger partial charge in [0.25, 0.3) is 5.92 Å². The highest BCUT2D eigenvalue weighted by Crippen LogP contribution is 2.46. The summed E-state index contributed by atoms with van der Waals surface area (Å²) >= 11 is 0. The number of pyridine rings is 1. The fourth-order valence-corrected chi connectivity index (χ4v) is 2.98. The van der Waals surface area contributed by atoms with Crippen LogP contribution in [0.4, 0.5) is 27.8 Å². The van der Waals surface area contributed by atoms with E-state index in [0.29, 0.717) is 31.9 Å². The monoisotopic (exact) mass is 307 g/mol. The van der Waals surface area contributed by atoms with E-state index in [1.165, 1.54) is 0 Å². The lowest BCUT2D eigenvalue weighted by molar-refractivity contribution is -0.138. The van der Waals surface area contributed by atoms with E-state index in [1.54, 1.807) is 4.90 Å². The van der Waals surface area contributed by atoms with Crippen LogP contribution in [0.1, 0.15) is 17.5 Å². The summed E-state index contributed by atoms with van der Waals surface area (Å²) < 4.78 is 66.5. The van der Waals surface area contributed by atoms with E-state index in [0.717, 1.165) is 0 Å². The minimum Gasteiger partial charge on any atom is -0.350 e. The lowest BCUT2D eigenvalue weighted by Crippen LogP contribution is -2.56. The van der Waals surface area contributed by atoms with Crippen LogP contribution in [0.5, 0.6) is 0 Å². The van der Waals surface area contributed by atoms with Crippen LogP contribution in [-0.2, 0) is 12.1 Å². The fraction of sp³-hybridized carbons (Fsp3) is 0.615. The molecule has 21 heavy (non-hydrogen) atoms. The molecule has 1 saturated heterocycles.